The number of piperidine rings is 2. The molecule has 2 aliphatic heterocycles. The van der Waals surface area contributed by atoms with Gasteiger partial charge in [-0.25, -0.2) is 0 Å². The van der Waals surface area contributed by atoms with Gasteiger partial charge in [-0.2, -0.15) is 0 Å². The third-order valence-corrected chi connectivity index (χ3v) is 7.88. The minimum absolute atomic E-state index is 0.122. The number of carbonyl (C=O) groups is 1. The van der Waals surface area contributed by atoms with Crippen molar-refractivity contribution in [2.45, 2.75) is 78.1 Å². The second kappa shape index (κ2) is 15.3. The Morgan fingerprint density at radius 2 is 1.08 bits per heavy atom. The van der Waals surface area contributed by atoms with Crippen LogP contribution < -0.4 is 9.47 Å². The van der Waals surface area contributed by atoms with E-state index in [1.54, 1.807) is 0 Å². The van der Waals surface area contributed by atoms with E-state index in [1.807, 2.05) is 24.3 Å². The third kappa shape index (κ3) is 8.31. The van der Waals surface area contributed by atoms with Crippen LogP contribution in [0.1, 0.15) is 92.3 Å². The molecule has 0 bridgehead atoms. The maximum atomic E-state index is 14.1. The van der Waals surface area contributed by atoms with Crippen LogP contribution in [0.5, 0.6) is 11.5 Å². The van der Waals surface area contributed by atoms with Crippen molar-refractivity contribution in [3.05, 3.63) is 58.7 Å². The summed E-state index contributed by atoms with van der Waals surface area (Å²) in [6.45, 7) is 12.3. The Labute approximate surface area is 230 Å². The lowest BCUT2D eigenvalue weighted by Gasteiger charge is -2.27. The standard InChI is InChI=1S/C33H48N2O3/c1-3-23-37-29-11-13-31(27(25-29)15-21-34-17-7-5-8-18-34)33(36)32-14-12-30(38-24-4-2)26-28(32)16-22-35-19-9-6-10-20-35/h11-14,25-26H,3-10,15-24H2,1-2H3. The van der Waals surface area contributed by atoms with Gasteiger partial charge in [0.2, 0.25) is 0 Å². The molecule has 0 radical (unpaired) electrons. The maximum absolute atomic E-state index is 14.1. The first-order valence-electron chi connectivity index (χ1n) is 15.2. The Morgan fingerprint density at radius 3 is 1.47 bits per heavy atom. The highest BCUT2D eigenvalue weighted by atomic mass is 16.5. The van der Waals surface area contributed by atoms with Crippen molar-refractivity contribution in [1.29, 1.82) is 0 Å². The second-order valence-corrected chi connectivity index (χ2v) is 11.0. The molecule has 0 amide bonds. The SMILES string of the molecule is CCCOc1ccc(C(=O)c2ccc(OCCC)cc2CCN2CCCCC2)c(CCN2CCCCC2)c1. The number of rotatable bonds is 14. The molecule has 2 heterocycles. The van der Waals surface area contributed by atoms with Gasteiger partial charge in [0.1, 0.15) is 11.5 Å². The molecule has 0 aliphatic carbocycles. The fraction of sp³-hybridized carbons (Fsp3) is 0.606. The van der Waals surface area contributed by atoms with E-state index in [9.17, 15) is 4.79 Å². The molecule has 2 fully saturated rings. The minimum Gasteiger partial charge on any atom is -0.494 e. The molecule has 208 valence electrons. The molecule has 0 unspecified atom stereocenters. The topological polar surface area (TPSA) is 42.0 Å². The zero-order chi connectivity index (χ0) is 26.6. The van der Waals surface area contributed by atoms with Crippen LogP contribution in [0, 0.1) is 0 Å². The number of carbonyl (C=O) groups excluding carboxylic acids is 1. The molecular formula is C33H48N2O3. The largest absolute Gasteiger partial charge is 0.494 e. The molecule has 2 aliphatic rings. The summed E-state index contributed by atoms with van der Waals surface area (Å²) in [6.07, 6.45) is 11.4. The summed E-state index contributed by atoms with van der Waals surface area (Å²) in [7, 11) is 0. The van der Waals surface area contributed by atoms with Crippen molar-refractivity contribution in [1.82, 2.24) is 9.80 Å². The van der Waals surface area contributed by atoms with Crippen LogP contribution in [0.25, 0.3) is 0 Å². The van der Waals surface area contributed by atoms with Gasteiger partial charge in [0.25, 0.3) is 0 Å². The van der Waals surface area contributed by atoms with Gasteiger partial charge in [-0.3, -0.25) is 4.79 Å². The van der Waals surface area contributed by atoms with Gasteiger partial charge in [0.15, 0.2) is 5.78 Å². The van der Waals surface area contributed by atoms with Crippen molar-refractivity contribution in [2.24, 2.45) is 0 Å². The Kier molecular flexibility index (Phi) is 11.5. The van der Waals surface area contributed by atoms with E-state index in [0.29, 0.717) is 13.2 Å². The highest BCUT2D eigenvalue weighted by Gasteiger charge is 2.21. The Bertz CT molecular complexity index is 930. The molecule has 2 aromatic carbocycles. The second-order valence-electron chi connectivity index (χ2n) is 11.0. The molecule has 0 aromatic heterocycles. The lowest BCUT2D eigenvalue weighted by Crippen LogP contribution is -2.32. The molecule has 4 rings (SSSR count). The van der Waals surface area contributed by atoms with E-state index in [0.717, 1.165) is 98.7 Å². The number of ether oxygens (including phenoxy) is 2. The van der Waals surface area contributed by atoms with Gasteiger partial charge < -0.3 is 19.3 Å². The minimum atomic E-state index is 0.122. The Morgan fingerprint density at radius 1 is 0.658 bits per heavy atom. The molecule has 0 N–H and O–H groups in total. The lowest BCUT2D eigenvalue weighted by atomic mass is 9.92. The van der Waals surface area contributed by atoms with Gasteiger partial charge in [-0.1, -0.05) is 26.7 Å². The average Bonchev–Trinajstić information content (AvgIpc) is 2.97. The summed E-state index contributed by atoms with van der Waals surface area (Å²) in [4.78, 5) is 19.2. The lowest BCUT2D eigenvalue weighted by molar-refractivity contribution is 0.103. The van der Waals surface area contributed by atoms with Crippen LogP contribution in [0.4, 0.5) is 0 Å². The van der Waals surface area contributed by atoms with Gasteiger partial charge in [-0.15, -0.1) is 0 Å². The fourth-order valence-corrected chi connectivity index (χ4v) is 5.68. The number of hydrogen-bond acceptors (Lipinski definition) is 5. The van der Waals surface area contributed by atoms with E-state index in [-0.39, 0.29) is 5.78 Å². The highest BCUT2D eigenvalue weighted by Crippen LogP contribution is 2.27. The number of ketones is 1. The summed E-state index contributed by atoms with van der Waals surface area (Å²) >= 11 is 0. The molecule has 0 spiro atoms. The van der Waals surface area contributed by atoms with Crippen LogP contribution in [0.15, 0.2) is 36.4 Å². The van der Waals surface area contributed by atoms with E-state index < -0.39 is 0 Å². The molecule has 2 aromatic rings. The van der Waals surface area contributed by atoms with Crippen molar-refractivity contribution >= 4 is 5.78 Å². The summed E-state index contributed by atoms with van der Waals surface area (Å²) < 4.78 is 11.9. The maximum Gasteiger partial charge on any atom is 0.193 e. The van der Waals surface area contributed by atoms with Crippen LogP contribution in [-0.2, 0) is 12.8 Å². The quantitative estimate of drug-likeness (QED) is 0.264. The Hall–Kier alpha value is -2.37. The highest BCUT2D eigenvalue weighted by molar-refractivity contribution is 6.11. The summed E-state index contributed by atoms with van der Waals surface area (Å²) in [5, 5.41) is 0. The van der Waals surface area contributed by atoms with Crippen LogP contribution in [0.2, 0.25) is 0 Å². The number of benzene rings is 2. The van der Waals surface area contributed by atoms with Crippen molar-refractivity contribution in [3.63, 3.8) is 0 Å². The first kappa shape index (κ1) is 28.6. The molecule has 5 nitrogen and oxygen atoms in total. The molecular weight excluding hydrogens is 472 g/mol. The normalized spacial score (nSPS) is 16.9. The van der Waals surface area contributed by atoms with E-state index in [1.165, 1.54) is 38.5 Å². The average molecular weight is 521 g/mol. The van der Waals surface area contributed by atoms with Crippen LogP contribution in [-0.4, -0.2) is 68.1 Å². The number of hydrogen-bond donors (Lipinski definition) is 0. The zero-order valence-corrected chi connectivity index (χ0v) is 23.8. The zero-order valence-electron chi connectivity index (χ0n) is 23.8. The summed E-state index contributed by atoms with van der Waals surface area (Å²) in [5.74, 6) is 1.85. The van der Waals surface area contributed by atoms with Crippen LogP contribution >= 0.6 is 0 Å². The molecule has 0 saturated carbocycles. The predicted molar refractivity (Wildman–Crippen MR) is 156 cm³/mol. The predicted octanol–water partition coefficient (Wildman–Crippen LogP) is 6.55. The van der Waals surface area contributed by atoms with Gasteiger partial charge in [-0.05, 0) is 125 Å². The Balaban J connectivity index is 1.58. The monoisotopic (exact) mass is 520 g/mol. The van der Waals surface area contributed by atoms with E-state index in [2.05, 4.69) is 35.8 Å². The third-order valence-electron chi connectivity index (χ3n) is 7.88. The van der Waals surface area contributed by atoms with Crippen molar-refractivity contribution < 1.29 is 14.3 Å². The molecule has 2 saturated heterocycles. The van der Waals surface area contributed by atoms with Crippen molar-refractivity contribution in [3.8, 4) is 11.5 Å². The molecule has 0 atom stereocenters. The molecule has 38 heavy (non-hydrogen) atoms. The number of nitrogens with zero attached hydrogens (tertiary/aromatic N) is 2. The van der Waals surface area contributed by atoms with Gasteiger partial charge in [0, 0.05) is 24.2 Å². The molecule has 5 heteroatoms. The van der Waals surface area contributed by atoms with Gasteiger partial charge >= 0.3 is 0 Å². The van der Waals surface area contributed by atoms with E-state index >= 15 is 0 Å². The summed E-state index contributed by atoms with van der Waals surface area (Å²) in [6, 6.07) is 12.2. The van der Waals surface area contributed by atoms with Crippen LogP contribution in [0.3, 0.4) is 0 Å². The smallest absolute Gasteiger partial charge is 0.193 e. The first-order valence-corrected chi connectivity index (χ1v) is 15.2. The van der Waals surface area contributed by atoms with E-state index in [4.69, 9.17) is 9.47 Å². The fourth-order valence-electron chi connectivity index (χ4n) is 5.68. The van der Waals surface area contributed by atoms with Gasteiger partial charge in [0.05, 0.1) is 13.2 Å². The number of likely N-dealkylation sites (tertiary alicyclic amines) is 2. The summed E-state index contributed by atoms with van der Waals surface area (Å²) in [5.41, 5.74) is 3.82. The van der Waals surface area contributed by atoms with Crippen molar-refractivity contribution in [2.75, 3.05) is 52.5 Å². The first-order chi connectivity index (χ1) is 18.7.